The van der Waals surface area contributed by atoms with E-state index >= 15 is 0 Å². The average Bonchev–Trinajstić information content (AvgIpc) is 2.60. The Kier molecular flexibility index (Phi) is 13.1. The van der Waals surface area contributed by atoms with Crippen molar-refractivity contribution in [3.63, 3.8) is 0 Å². The number of rotatable bonds is 6. The van der Waals surface area contributed by atoms with Gasteiger partial charge in [-0.1, -0.05) is 52.0 Å². The summed E-state index contributed by atoms with van der Waals surface area (Å²) in [5.74, 6) is 1.72. The number of phenols is 1. The van der Waals surface area contributed by atoms with E-state index in [-0.39, 0.29) is 6.61 Å². The standard InChI is InChI=1S/C17H22O3.C5H12O.C3H8S/c1-11-5-8-14-13(15(11)19)7-6-12(2)16(14)20-17(3,4)9-10-18;1-5(2)3-4-6;1-3(2)4/h5-8,18-19H,9-10H2,1-4H3;5-6H,3-4H2,1-2H3;3-4H,1-2H3. The fraction of sp³-hybridized carbons (Fsp3) is 0.600. The second-order valence-electron chi connectivity index (χ2n) is 8.87. The van der Waals surface area contributed by atoms with Crippen LogP contribution >= 0.6 is 12.6 Å². The zero-order valence-corrected chi connectivity index (χ0v) is 20.9. The number of fused-ring (bicyclic) bond motifs is 1. The highest BCUT2D eigenvalue weighted by atomic mass is 32.1. The van der Waals surface area contributed by atoms with E-state index in [0.29, 0.717) is 29.9 Å². The Morgan fingerprint density at radius 1 is 0.900 bits per heavy atom. The van der Waals surface area contributed by atoms with Gasteiger partial charge in [-0.3, -0.25) is 0 Å². The van der Waals surface area contributed by atoms with E-state index in [0.717, 1.165) is 34.1 Å². The number of aliphatic hydroxyl groups excluding tert-OH is 2. The second-order valence-corrected chi connectivity index (χ2v) is 9.91. The maximum atomic E-state index is 10.2. The Bertz CT molecular complexity index is 752. The van der Waals surface area contributed by atoms with Gasteiger partial charge in [-0.2, -0.15) is 12.6 Å². The number of phenolic OH excluding ortho intramolecular Hbond substituents is 1. The van der Waals surface area contributed by atoms with Crippen molar-refractivity contribution in [2.75, 3.05) is 13.2 Å². The molecule has 0 unspecified atom stereocenters. The first-order chi connectivity index (χ1) is 13.9. The molecule has 2 aromatic carbocycles. The summed E-state index contributed by atoms with van der Waals surface area (Å²) in [4.78, 5) is 0. The Hall–Kier alpha value is -1.43. The zero-order chi connectivity index (χ0) is 23.5. The lowest BCUT2D eigenvalue weighted by Gasteiger charge is -2.27. The molecule has 2 rings (SSSR count). The van der Waals surface area contributed by atoms with Gasteiger partial charge in [0, 0.05) is 30.4 Å². The summed E-state index contributed by atoms with van der Waals surface area (Å²) in [7, 11) is 0. The molecule has 0 saturated carbocycles. The predicted octanol–water partition coefficient (Wildman–Crippen LogP) is 6.05. The molecule has 0 spiro atoms. The molecule has 0 aliphatic rings. The van der Waals surface area contributed by atoms with Crippen molar-refractivity contribution in [1.82, 2.24) is 0 Å². The number of aliphatic hydroxyl groups is 2. The summed E-state index contributed by atoms with van der Waals surface area (Å²) < 4.78 is 6.11. The first-order valence-electron chi connectivity index (χ1n) is 10.7. The van der Waals surface area contributed by atoms with Gasteiger partial charge in [0.15, 0.2) is 0 Å². The summed E-state index contributed by atoms with van der Waals surface area (Å²) in [6, 6.07) is 7.73. The van der Waals surface area contributed by atoms with Gasteiger partial charge in [0.2, 0.25) is 0 Å². The predicted molar refractivity (Wildman–Crippen MR) is 132 cm³/mol. The molecular formula is C25H42O4S. The Morgan fingerprint density at radius 2 is 1.40 bits per heavy atom. The number of hydrogen-bond donors (Lipinski definition) is 4. The molecule has 0 atom stereocenters. The second kappa shape index (κ2) is 13.8. The van der Waals surface area contributed by atoms with Gasteiger partial charge < -0.3 is 20.1 Å². The number of aromatic hydroxyl groups is 1. The Balaban J connectivity index is 0.000000703. The fourth-order valence-electron chi connectivity index (χ4n) is 2.57. The van der Waals surface area contributed by atoms with E-state index in [2.05, 4.69) is 26.5 Å². The van der Waals surface area contributed by atoms with Crippen LogP contribution < -0.4 is 4.74 Å². The summed E-state index contributed by atoms with van der Waals surface area (Å²) in [5, 5.41) is 29.8. The van der Waals surface area contributed by atoms with Crippen LogP contribution in [-0.2, 0) is 0 Å². The van der Waals surface area contributed by atoms with Crippen molar-refractivity contribution in [2.45, 2.75) is 79.1 Å². The molecule has 3 N–H and O–H groups in total. The van der Waals surface area contributed by atoms with Crippen LogP contribution in [0.15, 0.2) is 24.3 Å². The third-order valence-electron chi connectivity index (χ3n) is 4.32. The number of aryl methyl sites for hydroxylation is 2. The van der Waals surface area contributed by atoms with E-state index in [1.807, 2.05) is 65.8 Å². The summed E-state index contributed by atoms with van der Waals surface area (Å²) >= 11 is 3.97. The largest absolute Gasteiger partial charge is 0.507 e. The topological polar surface area (TPSA) is 69.9 Å². The molecular weight excluding hydrogens is 396 g/mol. The van der Waals surface area contributed by atoms with Crippen LogP contribution in [0.5, 0.6) is 11.5 Å². The van der Waals surface area contributed by atoms with E-state index in [1.54, 1.807) is 0 Å². The molecule has 0 heterocycles. The quantitative estimate of drug-likeness (QED) is 0.414. The first-order valence-corrected chi connectivity index (χ1v) is 11.2. The normalized spacial score (nSPS) is 11.1. The molecule has 0 amide bonds. The minimum atomic E-state index is -0.450. The number of ether oxygens (including phenoxy) is 1. The van der Waals surface area contributed by atoms with Gasteiger partial charge in [0.25, 0.3) is 0 Å². The van der Waals surface area contributed by atoms with Crippen molar-refractivity contribution in [3.8, 4) is 11.5 Å². The van der Waals surface area contributed by atoms with Crippen LogP contribution in [0.25, 0.3) is 10.8 Å². The van der Waals surface area contributed by atoms with E-state index in [9.17, 15) is 5.11 Å². The van der Waals surface area contributed by atoms with Crippen molar-refractivity contribution in [2.24, 2.45) is 5.92 Å². The Morgan fingerprint density at radius 3 is 1.83 bits per heavy atom. The summed E-state index contributed by atoms with van der Waals surface area (Å²) in [6.07, 6.45) is 1.49. The van der Waals surface area contributed by atoms with Crippen LogP contribution in [-0.4, -0.2) is 39.4 Å². The van der Waals surface area contributed by atoms with Crippen molar-refractivity contribution in [3.05, 3.63) is 35.4 Å². The minimum absolute atomic E-state index is 0.0845. The molecule has 0 fully saturated rings. The third kappa shape index (κ3) is 10.6. The SMILES string of the molecule is CC(C)CCO.CC(C)S.Cc1ccc2c(OC(C)(C)CCO)c(C)ccc2c1O. The number of benzene rings is 2. The van der Waals surface area contributed by atoms with Gasteiger partial charge in [-0.05, 0) is 56.4 Å². The van der Waals surface area contributed by atoms with Crippen molar-refractivity contribution in [1.29, 1.82) is 0 Å². The maximum absolute atomic E-state index is 10.2. The smallest absolute Gasteiger partial charge is 0.130 e. The van der Waals surface area contributed by atoms with Gasteiger partial charge >= 0.3 is 0 Å². The van der Waals surface area contributed by atoms with Crippen LogP contribution in [0.1, 0.15) is 65.5 Å². The van der Waals surface area contributed by atoms with Crippen LogP contribution in [0, 0.1) is 19.8 Å². The lowest BCUT2D eigenvalue weighted by molar-refractivity contribution is 0.0774. The molecule has 0 aromatic heterocycles. The highest BCUT2D eigenvalue weighted by Gasteiger charge is 2.22. The van der Waals surface area contributed by atoms with Gasteiger partial charge in [0.1, 0.15) is 17.1 Å². The van der Waals surface area contributed by atoms with Gasteiger partial charge in [-0.25, -0.2) is 0 Å². The van der Waals surface area contributed by atoms with E-state index in [1.165, 1.54) is 0 Å². The molecule has 4 nitrogen and oxygen atoms in total. The van der Waals surface area contributed by atoms with Crippen molar-refractivity contribution < 1.29 is 20.1 Å². The van der Waals surface area contributed by atoms with Crippen molar-refractivity contribution >= 4 is 23.4 Å². The Labute approximate surface area is 188 Å². The molecule has 5 heteroatoms. The van der Waals surface area contributed by atoms with Crippen LogP contribution in [0.3, 0.4) is 0 Å². The van der Waals surface area contributed by atoms with E-state index in [4.69, 9.17) is 14.9 Å². The fourth-order valence-corrected chi connectivity index (χ4v) is 2.57. The molecule has 30 heavy (non-hydrogen) atoms. The molecule has 0 radical (unpaired) electrons. The zero-order valence-electron chi connectivity index (χ0n) is 20.0. The van der Waals surface area contributed by atoms with Gasteiger partial charge in [-0.15, -0.1) is 0 Å². The average molecular weight is 439 g/mol. The van der Waals surface area contributed by atoms with E-state index < -0.39 is 5.60 Å². The van der Waals surface area contributed by atoms with Crippen LogP contribution in [0.4, 0.5) is 0 Å². The lowest BCUT2D eigenvalue weighted by atomic mass is 10.0. The maximum Gasteiger partial charge on any atom is 0.130 e. The monoisotopic (exact) mass is 438 g/mol. The minimum Gasteiger partial charge on any atom is -0.507 e. The number of hydrogen-bond acceptors (Lipinski definition) is 5. The lowest BCUT2D eigenvalue weighted by Crippen LogP contribution is -2.29. The highest BCUT2D eigenvalue weighted by Crippen LogP contribution is 2.38. The molecule has 2 aromatic rings. The molecule has 172 valence electrons. The molecule has 0 aliphatic carbocycles. The molecule has 0 bridgehead atoms. The van der Waals surface area contributed by atoms with Crippen LogP contribution in [0.2, 0.25) is 0 Å². The highest BCUT2D eigenvalue weighted by molar-refractivity contribution is 7.80. The first kappa shape index (κ1) is 28.6. The molecule has 0 saturated heterocycles. The number of thiol groups is 1. The summed E-state index contributed by atoms with van der Waals surface area (Å²) in [5.41, 5.74) is 1.42. The molecule has 0 aliphatic heterocycles. The third-order valence-corrected chi connectivity index (χ3v) is 4.32. The van der Waals surface area contributed by atoms with Gasteiger partial charge in [0.05, 0.1) is 0 Å². The summed E-state index contributed by atoms with van der Waals surface area (Å²) in [6.45, 7) is 16.4.